The highest BCUT2D eigenvalue weighted by atomic mass is 32.2. The molecule has 0 aromatic rings. The lowest BCUT2D eigenvalue weighted by atomic mass is 9.83. The Morgan fingerprint density at radius 3 is 2.30 bits per heavy atom. The van der Waals surface area contributed by atoms with E-state index in [4.69, 9.17) is 0 Å². The Kier molecular flexibility index (Phi) is 4.74. The molecule has 20 heavy (non-hydrogen) atoms. The van der Waals surface area contributed by atoms with Gasteiger partial charge in [-0.1, -0.05) is 19.3 Å². The number of hydrogen-bond donors (Lipinski definition) is 1. The van der Waals surface area contributed by atoms with E-state index in [2.05, 4.69) is 5.32 Å². The first-order valence-corrected chi connectivity index (χ1v) is 9.24. The fourth-order valence-electron chi connectivity index (χ4n) is 3.41. The highest BCUT2D eigenvalue weighted by Gasteiger charge is 2.44. The van der Waals surface area contributed by atoms with E-state index in [9.17, 15) is 13.2 Å². The minimum absolute atomic E-state index is 0.00984. The molecule has 1 amide bonds. The lowest BCUT2D eigenvalue weighted by Gasteiger charge is -2.38. The second-order valence-electron chi connectivity index (χ2n) is 6.51. The summed E-state index contributed by atoms with van der Waals surface area (Å²) < 4.78 is 27.2. The lowest BCUT2D eigenvalue weighted by molar-refractivity contribution is -0.111. The number of sulfonamides is 1. The summed E-state index contributed by atoms with van der Waals surface area (Å²) >= 11 is 0. The SMILES string of the molecule is CC(C)N(C1CC1)S(=O)(=O)CC1(NC=O)CCCCC1. The summed E-state index contributed by atoms with van der Waals surface area (Å²) in [5.74, 6) is 0.0490. The molecule has 0 unspecified atom stereocenters. The smallest absolute Gasteiger partial charge is 0.216 e. The number of nitrogens with zero attached hydrogens (tertiary/aromatic N) is 1. The molecule has 0 bridgehead atoms. The first-order valence-electron chi connectivity index (χ1n) is 7.63. The van der Waals surface area contributed by atoms with Crippen LogP contribution in [0.3, 0.4) is 0 Å². The van der Waals surface area contributed by atoms with E-state index >= 15 is 0 Å². The zero-order chi connectivity index (χ0) is 14.8. The normalized spacial score (nSPS) is 23.0. The third kappa shape index (κ3) is 3.52. The fourth-order valence-corrected chi connectivity index (χ4v) is 5.93. The molecule has 2 aliphatic carbocycles. The van der Waals surface area contributed by atoms with E-state index < -0.39 is 15.6 Å². The molecule has 5 nitrogen and oxygen atoms in total. The monoisotopic (exact) mass is 302 g/mol. The van der Waals surface area contributed by atoms with Gasteiger partial charge in [0.1, 0.15) is 0 Å². The molecule has 6 heteroatoms. The molecule has 116 valence electrons. The highest BCUT2D eigenvalue weighted by molar-refractivity contribution is 7.89. The van der Waals surface area contributed by atoms with E-state index in [-0.39, 0.29) is 17.8 Å². The van der Waals surface area contributed by atoms with E-state index in [1.54, 1.807) is 4.31 Å². The molecule has 0 aliphatic heterocycles. The van der Waals surface area contributed by atoms with Crippen molar-refractivity contribution in [3.63, 3.8) is 0 Å². The molecule has 1 N–H and O–H groups in total. The Labute approximate surface area is 122 Å². The van der Waals surface area contributed by atoms with Crippen molar-refractivity contribution in [2.45, 2.75) is 76.4 Å². The number of amides is 1. The van der Waals surface area contributed by atoms with Gasteiger partial charge in [0.15, 0.2) is 0 Å². The zero-order valence-corrected chi connectivity index (χ0v) is 13.3. The summed E-state index contributed by atoms with van der Waals surface area (Å²) in [6.45, 7) is 3.85. The number of carbonyl (C=O) groups excluding carboxylic acids is 1. The minimum Gasteiger partial charge on any atom is -0.352 e. The van der Waals surface area contributed by atoms with Gasteiger partial charge in [-0.05, 0) is 39.5 Å². The van der Waals surface area contributed by atoms with Gasteiger partial charge in [0.25, 0.3) is 0 Å². The first-order chi connectivity index (χ1) is 9.40. The summed E-state index contributed by atoms with van der Waals surface area (Å²) in [6.07, 6.45) is 7.22. The molecule has 2 saturated carbocycles. The van der Waals surface area contributed by atoms with Gasteiger partial charge in [-0.3, -0.25) is 4.79 Å². The number of carbonyl (C=O) groups is 1. The average molecular weight is 302 g/mol. The van der Waals surface area contributed by atoms with Gasteiger partial charge in [0, 0.05) is 12.1 Å². The highest BCUT2D eigenvalue weighted by Crippen LogP contribution is 2.35. The minimum atomic E-state index is -3.33. The van der Waals surface area contributed by atoms with Gasteiger partial charge in [0.2, 0.25) is 16.4 Å². The molecule has 0 saturated heterocycles. The molecule has 2 fully saturated rings. The van der Waals surface area contributed by atoms with Crippen molar-refractivity contribution in [3.8, 4) is 0 Å². The summed E-state index contributed by atoms with van der Waals surface area (Å²) in [4.78, 5) is 10.9. The first kappa shape index (κ1) is 15.8. The Bertz CT molecular complexity index is 435. The second kappa shape index (κ2) is 6.02. The van der Waals surface area contributed by atoms with Gasteiger partial charge in [-0.2, -0.15) is 4.31 Å². The molecular weight excluding hydrogens is 276 g/mol. The number of nitrogens with one attached hydrogen (secondary N) is 1. The van der Waals surface area contributed by atoms with Crippen molar-refractivity contribution in [1.82, 2.24) is 9.62 Å². The number of rotatable bonds is 7. The van der Waals surface area contributed by atoms with Crippen LogP contribution in [0.2, 0.25) is 0 Å². The van der Waals surface area contributed by atoms with Crippen LogP contribution in [0, 0.1) is 0 Å². The summed E-state index contributed by atoms with van der Waals surface area (Å²) in [7, 11) is -3.33. The van der Waals surface area contributed by atoms with Crippen molar-refractivity contribution in [2.75, 3.05) is 5.75 Å². The Morgan fingerprint density at radius 1 is 1.25 bits per heavy atom. The molecule has 0 radical (unpaired) electrons. The predicted molar refractivity (Wildman–Crippen MR) is 78.8 cm³/mol. The van der Waals surface area contributed by atoms with Gasteiger partial charge < -0.3 is 5.32 Å². The predicted octanol–water partition coefficient (Wildman–Crippen LogP) is 1.64. The fraction of sp³-hybridized carbons (Fsp3) is 0.929. The van der Waals surface area contributed by atoms with E-state index in [0.717, 1.165) is 44.9 Å². The summed E-state index contributed by atoms with van der Waals surface area (Å²) in [5.41, 5.74) is -0.555. The van der Waals surface area contributed by atoms with Crippen LogP contribution in [-0.2, 0) is 14.8 Å². The van der Waals surface area contributed by atoms with Crippen LogP contribution in [0.5, 0.6) is 0 Å². The maximum Gasteiger partial charge on any atom is 0.216 e. The third-order valence-electron chi connectivity index (χ3n) is 4.37. The average Bonchev–Trinajstić information content (AvgIpc) is 3.13. The Hall–Kier alpha value is -0.620. The molecular formula is C14H26N2O3S. The van der Waals surface area contributed by atoms with Crippen LogP contribution in [0.25, 0.3) is 0 Å². The summed E-state index contributed by atoms with van der Waals surface area (Å²) in [6, 6.07) is 0.168. The Balaban J connectivity index is 2.17. The van der Waals surface area contributed by atoms with Crippen molar-refractivity contribution in [2.24, 2.45) is 0 Å². The Morgan fingerprint density at radius 2 is 1.85 bits per heavy atom. The topological polar surface area (TPSA) is 66.5 Å². The largest absolute Gasteiger partial charge is 0.352 e. The molecule has 2 rings (SSSR count). The lowest BCUT2D eigenvalue weighted by Crippen LogP contribution is -2.55. The van der Waals surface area contributed by atoms with Crippen molar-refractivity contribution < 1.29 is 13.2 Å². The van der Waals surface area contributed by atoms with Crippen LogP contribution >= 0.6 is 0 Å². The maximum atomic E-state index is 12.8. The summed E-state index contributed by atoms with van der Waals surface area (Å²) in [5, 5.41) is 2.82. The van der Waals surface area contributed by atoms with Crippen LogP contribution in [0.1, 0.15) is 58.8 Å². The van der Waals surface area contributed by atoms with E-state index in [1.165, 1.54) is 0 Å². The molecule has 0 aromatic heterocycles. The third-order valence-corrected chi connectivity index (χ3v) is 6.65. The molecule has 2 aliphatic rings. The quantitative estimate of drug-likeness (QED) is 0.727. The number of hydrogen-bond acceptors (Lipinski definition) is 3. The van der Waals surface area contributed by atoms with E-state index in [0.29, 0.717) is 6.41 Å². The molecule has 0 heterocycles. The van der Waals surface area contributed by atoms with Gasteiger partial charge in [-0.25, -0.2) is 8.42 Å². The van der Waals surface area contributed by atoms with Crippen LogP contribution in [-0.4, -0.2) is 42.5 Å². The van der Waals surface area contributed by atoms with Crippen LogP contribution in [0.15, 0.2) is 0 Å². The van der Waals surface area contributed by atoms with Gasteiger partial charge in [-0.15, -0.1) is 0 Å². The standard InChI is InChI=1S/C14H26N2O3S/c1-12(2)16(13-6-7-13)20(18,19)10-14(15-11-17)8-4-3-5-9-14/h11-13H,3-10H2,1-2H3,(H,15,17). The van der Waals surface area contributed by atoms with Crippen LogP contribution in [0.4, 0.5) is 0 Å². The molecule has 0 atom stereocenters. The van der Waals surface area contributed by atoms with Gasteiger partial charge >= 0.3 is 0 Å². The van der Waals surface area contributed by atoms with Crippen LogP contribution < -0.4 is 5.32 Å². The van der Waals surface area contributed by atoms with Crippen molar-refractivity contribution >= 4 is 16.4 Å². The van der Waals surface area contributed by atoms with Crippen molar-refractivity contribution in [1.29, 1.82) is 0 Å². The van der Waals surface area contributed by atoms with Gasteiger partial charge in [0.05, 0.1) is 11.3 Å². The van der Waals surface area contributed by atoms with Crippen molar-refractivity contribution in [3.05, 3.63) is 0 Å². The molecule has 0 aromatic carbocycles. The second-order valence-corrected chi connectivity index (χ2v) is 8.39. The van der Waals surface area contributed by atoms with E-state index in [1.807, 2.05) is 13.8 Å². The zero-order valence-electron chi connectivity index (χ0n) is 12.5. The molecule has 0 spiro atoms. The maximum absolute atomic E-state index is 12.8.